The minimum absolute atomic E-state index is 0.292. The van der Waals surface area contributed by atoms with Gasteiger partial charge < -0.3 is 15.0 Å². The Bertz CT molecular complexity index is 848. The molecule has 1 aliphatic rings. The van der Waals surface area contributed by atoms with E-state index in [0.717, 1.165) is 30.2 Å². The lowest BCUT2D eigenvalue weighted by Crippen LogP contribution is -2.14. The molecule has 3 aromatic rings. The number of phenolic OH excluding ortho intramolecular Hbond substituents is 1. The number of nitrogens with zero attached hydrogens (tertiary/aromatic N) is 2. The minimum Gasteiger partial charge on any atom is -0.508 e. The molecule has 2 aromatic carbocycles. The molecule has 4 heteroatoms. The third-order valence-electron chi connectivity index (χ3n) is 4.11. The molecule has 2 N–H and O–H groups in total. The fourth-order valence-electron chi connectivity index (χ4n) is 2.86. The maximum Gasteiger partial charge on any atom is 0.207 e. The first-order valence-electron chi connectivity index (χ1n) is 7.63. The zero-order chi connectivity index (χ0) is 15.6. The molecule has 114 valence electrons. The second-order valence-corrected chi connectivity index (χ2v) is 5.68. The van der Waals surface area contributed by atoms with Crippen molar-refractivity contribution >= 4 is 11.5 Å². The van der Waals surface area contributed by atoms with Crippen LogP contribution in [-0.4, -0.2) is 14.7 Å². The van der Waals surface area contributed by atoms with E-state index in [1.54, 1.807) is 12.1 Å². The van der Waals surface area contributed by atoms with Gasteiger partial charge in [-0.15, -0.1) is 0 Å². The van der Waals surface area contributed by atoms with Crippen LogP contribution in [0.3, 0.4) is 0 Å². The van der Waals surface area contributed by atoms with Crippen LogP contribution < -0.4 is 5.32 Å². The lowest BCUT2D eigenvalue weighted by molar-refractivity contribution is 0.475. The Hall–Kier alpha value is -3.01. The summed E-state index contributed by atoms with van der Waals surface area (Å²) in [5.74, 6) is 1.17. The standard InChI is InChI=1S/C19H17N3O/c23-18-8-6-14(7-9-18)10-17-12-21-19-20-11-16(13-22(17)19)15-4-2-1-3-5-15/h1-9,11-12,23H,10,13H2,(H,20,21). The highest BCUT2D eigenvalue weighted by atomic mass is 16.3. The van der Waals surface area contributed by atoms with E-state index in [2.05, 4.69) is 39.1 Å². The number of nitrogens with one attached hydrogen (secondary N) is 1. The number of fused-ring (bicyclic) bond motifs is 1. The summed E-state index contributed by atoms with van der Waals surface area (Å²) in [7, 11) is 0. The maximum absolute atomic E-state index is 9.40. The monoisotopic (exact) mass is 303 g/mol. The summed E-state index contributed by atoms with van der Waals surface area (Å²) >= 11 is 0. The lowest BCUT2D eigenvalue weighted by atomic mass is 10.1. The van der Waals surface area contributed by atoms with E-state index in [-0.39, 0.29) is 0 Å². The van der Waals surface area contributed by atoms with E-state index in [1.807, 2.05) is 30.6 Å². The van der Waals surface area contributed by atoms with Crippen LogP contribution in [0, 0.1) is 0 Å². The number of anilines is 1. The van der Waals surface area contributed by atoms with E-state index >= 15 is 0 Å². The fourth-order valence-corrected chi connectivity index (χ4v) is 2.86. The van der Waals surface area contributed by atoms with Gasteiger partial charge in [-0.2, -0.15) is 0 Å². The first-order valence-corrected chi connectivity index (χ1v) is 7.63. The Morgan fingerprint density at radius 3 is 2.61 bits per heavy atom. The van der Waals surface area contributed by atoms with Gasteiger partial charge in [0.15, 0.2) is 0 Å². The summed E-state index contributed by atoms with van der Waals surface area (Å²) in [6.07, 6.45) is 4.73. The maximum atomic E-state index is 9.40. The highest BCUT2D eigenvalue weighted by Gasteiger charge is 2.16. The number of rotatable bonds is 3. The average Bonchev–Trinajstić information content (AvgIpc) is 3.00. The molecule has 0 saturated carbocycles. The minimum atomic E-state index is 0.292. The van der Waals surface area contributed by atoms with Gasteiger partial charge in [-0.1, -0.05) is 42.5 Å². The number of benzene rings is 2. The summed E-state index contributed by atoms with van der Waals surface area (Å²) in [6, 6.07) is 17.7. The van der Waals surface area contributed by atoms with E-state index < -0.39 is 0 Å². The van der Waals surface area contributed by atoms with Gasteiger partial charge in [0.25, 0.3) is 0 Å². The van der Waals surface area contributed by atoms with E-state index in [9.17, 15) is 5.11 Å². The van der Waals surface area contributed by atoms with Crippen LogP contribution in [0.15, 0.2) is 67.0 Å². The molecule has 0 bridgehead atoms. The van der Waals surface area contributed by atoms with E-state index in [1.165, 1.54) is 11.1 Å². The third-order valence-corrected chi connectivity index (χ3v) is 4.11. The average molecular weight is 303 g/mol. The van der Waals surface area contributed by atoms with Gasteiger partial charge in [-0.3, -0.25) is 0 Å². The Morgan fingerprint density at radius 2 is 1.83 bits per heavy atom. The molecule has 0 saturated heterocycles. The van der Waals surface area contributed by atoms with Crippen LogP contribution in [0.4, 0.5) is 5.95 Å². The van der Waals surface area contributed by atoms with Crippen LogP contribution in [-0.2, 0) is 13.0 Å². The third kappa shape index (κ3) is 2.71. The van der Waals surface area contributed by atoms with Crippen molar-refractivity contribution in [2.75, 3.05) is 5.32 Å². The smallest absolute Gasteiger partial charge is 0.207 e. The predicted molar refractivity (Wildman–Crippen MR) is 91.2 cm³/mol. The highest BCUT2D eigenvalue weighted by Crippen LogP contribution is 2.26. The summed E-state index contributed by atoms with van der Waals surface area (Å²) in [4.78, 5) is 4.46. The zero-order valence-corrected chi connectivity index (χ0v) is 12.6. The molecule has 4 rings (SSSR count). The molecule has 0 radical (unpaired) electrons. The zero-order valence-electron chi connectivity index (χ0n) is 12.6. The molecule has 0 aliphatic carbocycles. The molecule has 1 aromatic heterocycles. The normalized spacial score (nSPS) is 13.1. The van der Waals surface area contributed by atoms with Crippen molar-refractivity contribution < 1.29 is 5.11 Å². The van der Waals surface area contributed by atoms with Crippen molar-refractivity contribution in [3.05, 3.63) is 83.8 Å². The molecule has 0 fully saturated rings. The van der Waals surface area contributed by atoms with Crippen molar-refractivity contribution in [2.24, 2.45) is 0 Å². The number of hydrogen-bond acceptors (Lipinski definition) is 3. The molecule has 0 atom stereocenters. The van der Waals surface area contributed by atoms with Gasteiger partial charge in [0.2, 0.25) is 5.95 Å². The number of phenols is 1. The van der Waals surface area contributed by atoms with Crippen molar-refractivity contribution in [1.29, 1.82) is 0 Å². The number of aromatic hydroxyl groups is 1. The van der Waals surface area contributed by atoms with Crippen molar-refractivity contribution in [3.8, 4) is 5.75 Å². The van der Waals surface area contributed by atoms with Gasteiger partial charge >= 0.3 is 0 Å². The summed E-state index contributed by atoms with van der Waals surface area (Å²) in [5.41, 5.74) is 4.76. The quantitative estimate of drug-likeness (QED) is 0.776. The first-order chi connectivity index (χ1) is 11.3. The van der Waals surface area contributed by atoms with Crippen LogP contribution in [0.2, 0.25) is 0 Å². The first kappa shape index (κ1) is 13.6. The van der Waals surface area contributed by atoms with Gasteiger partial charge in [0.1, 0.15) is 5.75 Å². The Morgan fingerprint density at radius 1 is 1.04 bits per heavy atom. The summed E-state index contributed by atoms with van der Waals surface area (Å²) in [5, 5.41) is 12.7. The fraction of sp³-hybridized carbons (Fsp3) is 0.105. The molecule has 23 heavy (non-hydrogen) atoms. The van der Waals surface area contributed by atoms with Crippen molar-refractivity contribution in [2.45, 2.75) is 13.0 Å². The number of imidazole rings is 1. The Kier molecular flexibility index (Phi) is 3.35. The SMILES string of the molecule is Oc1ccc(Cc2cnc3n2CC(c2ccccc2)=CN3)cc1. The molecule has 0 unspecified atom stereocenters. The molecular weight excluding hydrogens is 286 g/mol. The van der Waals surface area contributed by atoms with Gasteiger partial charge in [-0.05, 0) is 28.8 Å². The molecular formula is C19H17N3O. The number of allylic oxidation sites excluding steroid dienone is 1. The van der Waals surface area contributed by atoms with E-state index in [0.29, 0.717) is 5.75 Å². The molecule has 0 spiro atoms. The van der Waals surface area contributed by atoms with Gasteiger partial charge in [0, 0.05) is 18.3 Å². The molecule has 1 aliphatic heterocycles. The number of aromatic nitrogens is 2. The second-order valence-electron chi connectivity index (χ2n) is 5.68. The largest absolute Gasteiger partial charge is 0.508 e. The predicted octanol–water partition coefficient (Wildman–Crippen LogP) is 3.65. The Labute approximate surface area is 134 Å². The summed E-state index contributed by atoms with van der Waals surface area (Å²) in [6.45, 7) is 0.805. The van der Waals surface area contributed by atoms with Gasteiger partial charge in [0.05, 0.1) is 12.7 Å². The van der Waals surface area contributed by atoms with Crippen LogP contribution in [0.25, 0.3) is 5.57 Å². The molecule has 0 amide bonds. The van der Waals surface area contributed by atoms with E-state index in [4.69, 9.17) is 0 Å². The van der Waals surface area contributed by atoms with Gasteiger partial charge in [-0.25, -0.2) is 4.98 Å². The van der Waals surface area contributed by atoms with Crippen LogP contribution in [0.1, 0.15) is 16.8 Å². The highest BCUT2D eigenvalue weighted by molar-refractivity contribution is 5.69. The van der Waals surface area contributed by atoms with Crippen molar-refractivity contribution in [1.82, 2.24) is 9.55 Å². The summed E-state index contributed by atoms with van der Waals surface area (Å²) < 4.78 is 2.20. The Balaban J connectivity index is 1.60. The van der Waals surface area contributed by atoms with Crippen molar-refractivity contribution in [3.63, 3.8) is 0 Å². The molecule has 2 heterocycles. The van der Waals surface area contributed by atoms with Crippen LogP contribution >= 0.6 is 0 Å². The number of hydrogen-bond donors (Lipinski definition) is 2. The lowest BCUT2D eigenvalue weighted by Gasteiger charge is -2.19. The topological polar surface area (TPSA) is 50.1 Å². The second kappa shape index (κ2) is 5.65. The van der Waals surface area contributed by atoms with Crippen LogP contribution in [0.5, 0.6) is 5.75 Å². The molecule has 4 nitrogen and oxygen atoms in total.